The highest BCUT2D eigenvalue weighted by Crippen LogP contribution is 2.73. The average molecular weight is 181 g/mol. The van der Waals surface area contributed by atoms with E-state index in [9.17, 15) is 5.11 Å². The Bertz CT molecular complexity index is 291. The minimum atomic E-state index is -0.230. The summed E-state index contributed by atoms with van der Waals surface area (Å²) in [6.07, 6.45) is 5.48. The van der Waals surface area contributed by atoms with Gasteiger partial charge in [0.1, 0.15) is 0 Å². The Morgan fingerprint density at radius 3 is 3.00 bits per heavy atom. The van der Waals surface area contributed by atoms with Crippen LogP contribution in [0.2, 0.25) is 0 Å². The van der Waals surface area contributed by atoms with E-state index in [1.807, 2.05) is 5.38 Å². The predicted molar refractivity (Wildman–Crippen MR) is 46.8 cm³/mol. The van der Waals surface area contributed by atoms with Crippen LogP contribution in [-0.4, -0.2) is 9.48 Å². The van der Waals surface area contributed by atoms with Crippen LogP contribution in [0.1, 0.15) is 30.9 Å². The third-order valence-electron chi connectivity index (χ3n) is 3.32. The molecule has 12 heavy (non-hydrogen) atoms. The fraction of sp³-hybridized carbons (Fsp3) is 0.667. The summed E-state index contributed by atoms with van der Waals surface area (Å²) >= 11 is 1.42. The minimum Gasteiger partial charge on any atom is -0.388 e. The lowest BCUT2D eigenvalue weighted by atomic mass is 10.1. The fourth-order valence-electron chi connectivity index (χ4n) is 2.15. The molecule has 0 radical (unpaired) electrons. The average Bonchev–Trinajstić information content (AvgIpc) is 2.95. The second-order valence-electron chi connectivity index (χ2n) is 4.08. The maximum absolute atomic E-state index is 9.89. The molecule has 1 heterocycles. The van der Waals surface area contributed by atoms with E-state index in [2.05, 4.69) is 4.37 Å². The molecule has 0 aromatic carbocycles. The van der Waals surface area contributed by atoms with Crippen LogP contribution in [0.4, 0.5) is 0 Å². The van der Waals surface area contributed by atoms with Gasteiger partial charge >= 0.3 is 0 Å². The number of hydrogen-bond acceptors (Lipinski definition) is 3. The molecule has 1 N–H and O–H groups in total. The molecule has 0 aliphatic heterocycles. The molecule has 64 valence electrons. The molecule has 1 aromatic heterocycles. The lowest BCUT2D eigenvalue weighted by Gasteiger charge is -2.05. The molecule has 0 bridgehead atoms. The molecule has 2 nitrogen and oxygen atoms in total. The van der Waals surface area contributed by atoms with Gasteiger partial charge in [0.2, 0.25) is 0 Å². The summed E-state index contributed by atoms with van der Waals surface area (Å²) in [5.41, 5.74) is 1.61. The molecule has 0 amide bonds. The van der Waals surface area contributed by atoms with E-state index >= 15 is 0 Å². The molecule has 2 saturated carbocycles. The van der Waals surface area contributed by atoms with Gasteiger partial charge in [-0.2, -0.15) is 0 Å². The molecule has 1 aromatic rings. The first kappa shape index (κ1) is 7.04. The lowest BCUT2D eigenvalue weighted by Crippen LogP contribution is -1.99. The van der Waals surface area contributed by atoms with E-state index in [-0.39, 0.29) is 6.10 Å². The van der Waals surface area contributed by atoms with Crippen LogP contribution in [0.25, 0.3) is 0 Å². The van der Waals surface area contributed by atoms with Crippen molar-refractivity contribution >= 4 is 11.5 Å². The smallest absolute Gasteiger partial charge is 0.0847 e. The molecule has 2 fully saturated rings. The van der Waals surface area contributed by atoms with Crippen LogP contribution in [-0.2, 0) is 0 Å². The van der Waals surface area contributed by atoms with Crippen molar-refractivity contribution in [3.05, 3.63) is 17.1 Å². The Morgan fingerprint density at radius 2 is 2.50 bits per heavy atom. The highest BCUT2D eigenvalue weighted by Gasteiger charge is 2.65. The molecule has 2 unspecified atom stereocenters. The zero-order chi connectivity index (χ0) is 8.18. The first-order valence-electron chi connectivity index (χ1n) is 4.39. The van der Waals surface area contributed by atoms with Gasteiger partial charge in [0.15, 0.2) is 0 Å². The third kappa shape index (κ3) is 0.866. The maximum atomic E-state index is 9.89. The van der Waals surface area contributed by atoms with Crippen LogP contribution < -0.4 is 0 Å². The van der Waals surface area contributed by atoms with Crippen molar-refractivity contribution in [3.63, 3.8) is 0 Å². The van der Waals surface area contributed by atoms with Gasteiger partial charge < -0.3 is 5.11 Å². The standard InChI is InChI=1S/C9H11NOS/c11-8(6-4-10-12-5-6)7-3-9(7)1-2-9/h4-5,7-8,11H,1-3H2. The van der Waals surface area contributed by atoms with E-state index in [4.69, 9.17) is 0 Å². The van der Waals surface area contributed by atoms with Gasteiger partial charge in [-0.1, -0.05) is 0 Å². The number of nitrogens with zero attached hydrogens (tertiary/aromatic N) is 1. The Balaban J connectivity index is 1.78. The second-order valence-corrected chi connectivity index (χ2v) is 4.73. The summed E-state index contributed by atoms with van der Waals surface area (Å²) < 4.78 is 4.00. The zero-order valence-corrected chi connectivity index (χ0v) is 7.55. The molecule has 0 saturated heterocycles. The van der Waals surface area contributed by atoms with Gasteiger partial charge in [-0.3, -0.25) is 0 Å². The number of aliphatic hydroxyl groups is 1. The van der Waals surface area contributed by atoms with Gasteiger partial charge in [0.25, 0.3) is 0 Å². The topological polar surface area (TPSA) is 33.1 Å². The molecule has 2 aliphatic rings. The van der Waals surface area contributed by atoms with Crippen molar-refractivity contribution < 1.29 is 5.11 Å². The van der Waals surface area contributed by atoms with Gasteiger partial charge in [-0.05, 0) is 42.1 Å². The Morgan fingerprint density at radius 1 is 1.67 bits per heavy atom. The first-order chi connectivity index (χ1) is 5.82. The van der Waals surface area contributed by atoms with Gasteiger partial charge in [0, 0.05) is 17.1 Å². The molecule has 2 atom stereocenters. The SMILES string of the molecule is OC(c1cnsc1)C1CC12CC2. The molecule has 2 aliphatic carbocycles. The monoisotopic (exact) mass is 181 g/mol. The van der Waals surface area contributed by atoms with Crippen LogP contribution >= 0.6 is 11.5 Å². The fourth-order valence-corrected chi connectivity index (χ4v) is 2.72. The van der Waals surface area contributed by atoms with E-state index in [0.717, 1.165) is 5.56 Å². The molecule has 3 heteroatoms. The summed E-state index contributed by atoms with van der Waals surface area (Å²) in [4.78, 5) is 0. The van der Waals surface area contributed by atoms with Crippen molar-refractivity contribution in [1.29, 1.82) is 0 Å². The van der Waals surface area contributed by atoms with E-state index in [0.29, 0.717) is 11.3 Å². The van der Waals surface area contributed by atoms with Crippen molar-refractivity contribution in [1.82, 2.24) is 4.37 Å². The number of hydrogen-bond donors (Lipinski definition) is 1. The van der Waals surface area contributed by atoms with Crippen LogP contribution in [0.15, 0.2) is 11.6 Å². The van der Waals surface area contributed by atoms with Gasteiger partial charge in [0.05, 0.1) is 6.10 Å². The predicted octanol–water partition coefficient (Wildman–Crippen LogP) is 1.98. The minimum absolute atomic E-state index is 0.230. The largest absolute Gasteiger partial charge is 0.388 e. The van der Waals surface area contributed by atoms with Gasteiger partial charge in [-0.25, -0.2) is 4.37 Å². The van der Waals surface area contributed by atoms with E-state index < -0.39 is 0 Å². The summed E-state index contributed by atoms with van der Waals surface area (Å²) in [5, 5.41) is 11.8. The maximum Gasteiger partial charge on any atom is 0.0847 e. The number of aliphatic hydroxyl groups excluding tert-OH is 1. The third-order valence-corrected chi connectivity index (χ3v) is 3.92. The molecular formula is C9H11NOS. The van der Waals surface area contributed by atoms with Crippen LogP contribution in [0.3, 0.4) is 0 Å². The zero-order valence-electron chi connectivity index (χ0n) is 6.73. The van der Waals surface area contributed by atoms with E-state index in [1.54, 1.807) is 6.20 Å². The van der Waals surface area contributed by atoms with Gasteiger partial charge in [-0.15, -0.1) is 0 Å². The number of aromatic nitrogens is 1. The summed E-state index contributed by atoms with van der Waals surface area (Å²) in [6.45, 7) is 0. The Kier molecular flexibility index (Phi) is 1.23. The van der Waals surface area contributed by atoms with Crippen LogP contribution in [0.5, 0.6) is 0 Å². The van der Waals surface area contributed by atoms with Crippen molar-refractivity contribution in [3.8, 4) is 0 Å². The molecule has 1 spiro atoms. The Labute approximate surface area is 75.4 Å². The highest BCUT2D eigenvalue weighted by atomic mass is 32.1. The van der Waals surface area contributed by atoms with E-state index in [1.165, 1.54) is 30.8 Å². The van der Waals surface area contributed by atoms with Crippen molar-refractivity contribution in [2.24, 2.45) is 11.3 Å². The molecular weight excluding hydrogens is 170 g/mol. The number of rotatable bonds is 2. The van der Waals surface area contributed by atoms with Crippen molar-refractivity contribution in [2.45, 2.75) is 25.4 Å². The summed E-state index contributed by atoms with van der Waals surface area (Å²) in [5.74, 6) is 0.550. The van der Waals surface area contributed by atoms with Crippen molar-refractivity contribution in [2.75, 3.05) is 0 Å². The Hall–Kier alpha value is -0.410. The summed E-state index contributed by atoms with van der Waals surface area (Å²) in [7, 11) is 0. The lowest BCUT2D eigenvalue weighted by molar-refractivity contribution is 0.145. The normalized spacial score (nSPS) is 31.9. The second kappa shape index (κ2) is 2.09. The molecule has 3 rings (SSSR count). The first-order valence-corrected chi connectivity index (χ1v) is 5.23. The highest BCUT2D eigenvalue weighted by molar-refractivity contribution is 7.03. The van der Waals surface area contributed by atoms with Crippen LogP contribution in [0, 0.1) is 11.3 Å². The summed E-state index contributed by atoms with van der Waals surface area (Å²) in [6, 6.07) is 0. The quantitative estimate of drug-likeness (QED) is 0.756.